The third-order valence-electron chi connectivity index (χ3n) is 6.90. The average molecular weight is 297 g/mol. The monoisotopic (exact) mass is 297 g/mol. The number of carbonyl (C=O) groups is 1. The molecule has 1 aliphatic heterocycles. The topological polar surface area (TPSA) is 20.3 Å². The van der Waals surface area contributed by atoms with E-state index in [1.54, 1.807) is 0 Å². The first-order chi connectivity index (χ1) is 10.6. The molecule has 4 rings (SSSR count). The van der Waals surface area contributed by atoms with Crippen molar-refractivity contribution in [3.63, 3.8) is 0 Å². The van der Waals surface area contributed by atoms with Crippen LogP contribution in [0.4, 0.5) is 0 Å². The molecule has 3 aliphatic rings. The van der Waals surface area contributed by atoms with E-state index in [0.717, 1.165) is 32.2 Å². The molecule has 1 saturated carbocycles. The van der Waals surface area contributed by atoms with Gasteiger partial charge in [0.2, 0.25) is 5.91 Å². The summed E-state index contributed by atoms with van der Waals surface area (Å²) in [5, 5.41) is 0. The van der Waals surface area contributed by atoms with Gasteiger partial charge in [-0.3, -0.25) is 4.79 Å². The molecule has 0 aromatic heterocycles. The van der Waals surface area contributed by atoms with Crippen LogP contribution in [0.5, 0.6) is 0 Å². The number of nitrogens with zero attached hydrogens (tertiary/aromatic N) is 1. The summed E-state index contributed by atoms with van der Waals surface area (Å²) < 4.78 is 0. The van der Waals surface area contributed by atoms with Gasteiger partial charge < -0.3 is 4.90 Å². The van der Waals surface area contributed by atoms with Crippen LogP contribution in [0.2, 0.25) is 0 Å². The summed E-state index contributed by atoms with van der Waals surface area (Å²) in [6.45, 7) is 5.74. The van der Waals surface area contributed by atoms with Crippen molar-refractivity contribution < 1.29 is 4.79 Å². The Hall–Kier alpha value is -1.31. The standard InChI is InChI=1S/C20H27NO/c1-14-18-13-16-9-5-6-10-17(16)20(14,2)11-12-21(18)19(22)15-7-3-4-8-15/h5-6,9-10,14-15,18H,3-4,7-8,11-13H2,1-2H3/t14-,18-,20-/m1/s1. The van der Waals surface area contributed by atoms with Gasteiger partial charge in [0, 0.05) is 18.5 Å². The molecular weight excluding hydrogens is 270 g/mol. The molecular formula is C20H27NO. The van der Waals surface area contributed by atoms with E-state index in [4.69, 9.17) is 0 Å². The molecule has 2 heteroatoms. The first-order valence-electron chi connectivity index (χ1n) is 9.00. The van der Waals surface area contributed by atoms with Gasteiger partial charge in [0.25, 0.3) is 0 Å². The molecule has 0 unspecified atom stereocenters. The molecule has 1 amide bonds. The fourth-order valence-electron chi connectivity index (χ4n) is 5.27. The molecule has 0 radical (unpaired) electrons. The number of rotatable bonds is 1. The fourth-order valence-corrected chi connectivity index (χ4v) is 5.27. The second kappa shape index (κ2) is 5.11. The van der Waals surface area contributed by atoms with E-state index < -0.39 is 0 Å². The highest BCUT2D eigenvalue weighted by Gasteiger charge is 2.50. The molecule has 118 valence electrons. The molecule has 1 aromatic rings. The highest BCUT2D eigenvalue weighted by Crippen LogP contribution is 2.49. The first-order valence-corrected chi connectivity index (χ1v) is 9.00. The number of likely N-dealkylation sites (tertiary alicyclic amines) is 1. The zero-order chi connectivity index (χ0) is 15.3. The number of carbonyl (C=O) groups excluding carboxylic acids is 1. The zero-order valence-electron chi connectivity index (χ0n) is 13.8. The lowest BCUT2D eigenvalue weighted by molar-refractivity contribution is -0.142. The Morgan fingerprint density at radius 3 is 2.73 bits per heavy atom. The van der Waals surface area contributed by atoms with Crippen molar-refractivity contribution in [2.24, 2.45) is 11.8 Å². The maximum atomic E-state index is 13.0. The first kappa shape index (κ1) is 14.3. The lowest BCUT2D eigenvalue weighted by atomic mass is 9.59. The second-order valence-electron chi connectivity index (χ2n) is 7.90. The van der Waals surface area contributed by atoms with Crippen molar-refractivity contribution in [3.8, 4) is 0 Å². The minimum absolute atomic E-state index is 0.242. The van der Waals surface area contributed by atoms with Crippen molar-refractivity contribution in [2.75, 3.05) is 6.54 Å². The van der Waals surface area contributed by atoms with Crippen molar-refractivity contribution in [1.29, 1.82) is 0 Å². The van der Waals surface area contributed by atoms with Crippen LogP contribution in [0, 0.1) is 11.8 Å². The molecule has 1 saturated heterocycles. The Morgan fingerprint density at radius 1 is 1.23 bits per heavy atom. The predicted molar refractivity (Wildman–Crippen MR) is 88.7 cm³/mol. The van der Waals surface area contributed by atoms with Crippen LogP contribution in [-0.2, 0) is 16.6 Å². The zero-order valence-corrected chi connectivity index (χ0v) is 13.8. The van der Waals surface area contributed by atoms with Crippen LogP contribution in [0.25, 0.3) is 0 Å². The van der Waals surface area contributed by atoms with E-state index in [2.05, 4.69) is 43.0 Å². The van der Waals surface area contributed by atoms with E-state index in [9.17, 15) is 4.79 Å². The number of amides is 1. The number of hydrogen-bond acceptors (Lipinski definition) is 1. The smallest absolute Gasteiger partial charge is 0.225 e. The van der Waals surface area contributed by atoms with Crippen LogP contribution in [0.3, 0.4) is 0 Å². The van der Waals surface area contributed by atoms with Gasteiger partial charge in [0.1, 0.15) is 0 Å². The van der Waals surface area contributed by atoms with Crippen molar-refractivity contribution in [3.05, 3.63) is 35.4 Å². The third kappa shape index (κ3) is 1.96. The van der Waals surface area contributed by atoms with Gasteiger partial charge in [0.05, 0.1) is 0 Å². The minimum Gasteiger partial charge on any atom is -0.339 e. The van der Waals surface area contributed by atoms with Crippen molar-refractivity contribution in [2.45, 2.75) is 63.8 Å². The van der Waals surface area contributed by atoms with Crippen LogP contribution in [0.1, 0.15) is 57.1 Å². The van der Waals surface area contributed by atoms with Gasteiger partial charge in [0.15, 0.2) is 0 Å². The molecule has 2 bridgehead atoms. The van der Waals surface area contributed by atoms with Gasteiger partial charge in [-0.1, -0.05) is 51.0 Å². The Labute approximate surface area is 133 Å². The third-order valence-corrected chi connectivity index (χ3v) is 6.90. The average Bonchev–Trinajstić information content (AvgIpc) is 3.05. The Kier molecular flexibility index (Phi) is 3.32. The molecule has 0 N–H and O–H groups in total. The van der Waals surface area contributed by atoms with Gasteiger partial charge in [-0.25, -0.2) is 0 Å². The lowest BCUT2D eigenvalue weighted by Gasteiger charge is -2.55. The summed E-state index contributed by atoms with van der Waals surface area (Å²) in [7, 11) is 0. The molecule has 3 atom stereocenters. The van der Waals surface area contributed by atoms with Gasteiger partial charge in [-0.15, -0.1) is 0 Å². The summed E-state index contributed by atoms with van der Waals surface area (Å²) >= 11 is 0. The number of hydrogen-bond donors (Lipinski definition) is 0. The molecule has 2 fully saturated rings. The molecule has 1 heterocycles. The molecule has 0 spiro atoms. The van der Waals surface area contributed by atoms with E-state index in [0.29, 0.717) is 23.8 Å². The van der Waals surface area contributed by atoms with Gasteiger partial charge in [-0.2, -0.15) is 0 Å². The molecule has 22 heavy (non-hydrogen) atoms. The lowest BCUT2D eigenvalue weighted by Crippen LogP contribution is -2.60. The summed E-state index contributed by atoms with van der Waals surface area (Å²) in [4.78, 5) is 15.3. The SMILES string of the molecule is C[C@@H]1[C@H]2Cc3ccccc3[C@]1(C)CCN2C(=O)C1CCCC1. The van der Waals surface area contributed by atoms with Crippen LogP contribution in [-0.4, -0.2) is 23.4 Å². The minimum atomic E-state index is 0.242. The quantitative estimate of drug-likeness (QED) is 0.769. The largest absolute Gasteiger partial charge is 0.339 e. The fraction of sp³-hybridized carbons (Fsp3) is 0.650. The summed E-state index contributed by atoms with van der Waals surface area (Å²) in [5.74, 6) is 1.33. The van der Waals surface area contributed by atoms with Gasteiger partial charge in [-0.05, 0) is 48.1 Å². The van der Waals surface area contributed by atoms with Crippen molar-refractivity contribution >= 4 is 5.91 Å². The maximum absolute atomic E-state index is 13.0. The number of fused-ring (bicyclic) bond motifs is 4. The number of piperidine rings is 1. The summed E-state index contributed by atoms with van der Waals surface area (Å²) in [5.41, 5.74) is 3.25. The van der Waals surface area contributed by atoms with E-state index >= 15 is 0 Å². The Morgan fingerprint density at radius 2 is 1.95 bits per heavy atom. The van der Waals surface area contributed by atoms with E-state index in [1.165, 1.54) is 24.0 Å². The summed E-state index contributed by atoms with van der Waals surface area (Å²) in [6, 6.07) is 9.32. The number of benzene rings is 1. The molecule has 2 nitrogen and oxygen atoms in total. The predicted octanol–water partition coefficient (Wildman–Crippen LogP) is 3.93. The maximum Gasteiger partial charge on any atom is 0.225 e. The van der Waals surface area contributed by atoms with Crippen LogP contribution >= 0.6 is 0 Å². The van der Waals surface area contributed by atoms with Crippen LogP contribution in [0.15, 0.2) is 24.3 Å². The van der Waals surface area contributed by atoms with E-state index in [-0.39, 0.29) is 5.41 Å². The molecule has 1 aromatic carbocycles. The van der Waals surface area contributed by atoms with Crippen LogP contribution < -0.4 is 0 Å². The molecule has 2 aliphatic carbocycles. The highest BCUT2D eigenvalue weighted by molar-refractivity contribution is 5.80. The normalized spacial score (nSPS) is 34.5. The van der Waals surface area contributed by atoms with Gasteiger partial charge >= 0.3 is 0 Å². The summed E-state index contributed by atoms with van der Waals surface area (Å²) in [6.07, 6.45) is 6.87. The van der Waals surface area contributed by atoms with Crippen molar-refractivity contribution in [1.82, 2.24) is 4.90 Å². The second-order valence-corrected chi connectivity index (χ2v) is 7.90. The van der Waals surface area contributed by atoms with E-state index in [1.807, 2.05) is 0 Å². The Balaban J connectivity index is 1.67. The highest BCUT2D eigenvalue weighted by atomic mass is 16.2. The Bertz CT molecular complexity index is 589.